The topological polar surface area (TPSA) is 46.8 Å². The summed E-state index contributed by atoms with van der Waals surface area (Å²) in [5.74, 6) is 1.67. The molecule has 0 fully saturated rings. The summed E-state index contributed by atoms with van der Waals surface area (Å²) in [6.07, 6.45) is 0. The second-order valence-electron chi connectivity index (χ2n) is 5.66. The van der Waals surface area contributed by atoms with Gasteiger partial charge in [-0.1, -0.05) is 46.8 Å². The maximum absolute atomic E-state index is 6.00. The first-order chi connectivity index (χ1) is 12.3. The molecule has 0 N–H and O–H groups in total. The van der Waals surface area contributed by atoms with Gasteiger partial charge in [0.15, 0.2) is 16.1 Å². The van der Waals surface area contributed by atoms with E-state index in [1.54, 1.807) is 23.1 Å². The van der Waals surface area contributed by atoms with Gasteiger partial charge < -0.3 is 4.90 Å². The molecular weight excluding hydrogens is 374 g/mol. The van der Waals surface area contributed by atoms with E-state index >= 15 is 0 Å². The van der Waals surface area contributed by atoms with E-state index < -0.39 is 0 Å². The number of halogens is 1. The van der Waals surface area contributed by atoms with Crippen LogP contribution in [0.5, 0.6) is 0 Å². The number of thiazole rings is 1. The van der Waals surface area contributed by atoms with E-state index in [1.807, 2.05) is 36.4 Å². The molecule has 8 heteroatoms. The molecule has 1 aliphatic rings. The van der Waals surface area contributed by atoms with Gasteiger partial charge in [-0.25, -0.2) is 4.98 Å². The second kappa shape index (κ2) is 6.01. The third kappa shape index (κ3) is 2.68. The van der Waals surface area contributed by atoms with Crippen molar-refractivity contribution < 1.29 is 0 Å². The van der Waals surface area contributed by atoms with Gasteiger partial charge in [0.1, 0.15) is 6.67 Å². The van der Waals surface area contributed by atoms with E-state index in [0.717, 1.165) is 33.1 Å². The summed E-state index contributed by atoms with van der Waals surface area (Å²) in [6, 6.07) is 15.9. The summed E-state index contributed by atoms with van der Waals surface area (Å²) in [6.45, 7) is 0.688. The maximum atomic E-state index is 6.00. The van der Waals surface area contributed by atoms with Gasteiger partial charge in [-0.3, -0.25) is 4.57 Å². The lowest BCUT2D eigenvalue weighted by atomic mass is 10.2. The lowest BCUT2D eigenvalue weighted by Gasteiger charge is -2.27. The van der Waals surface area contributed by atoms with Crippen LogP contribution < -0.4 is 4.90 Å². The molecule has 5 nitrogen and oxygen atoms in total. The predicted octanol–water partition coefficient (Wildman–Crippen LogP) is 4.74. The molecule has 25 heavy (non-hydrogen) atoms. The highest BCUT2D eigenvalue weighted by molar-refractivity contribution is 7.99. The number of rotatable bonds is 2. The molecule has 0 radical (unpaired) electrons. The van der Waals surface area contributed by atoms with Gasteiger partial charge in [0, 0.05) is 10.6 Å². The Hall–Kier alpha value is -2.09. The minimum atomic E-state index is 0.688. The molecular formula is C17H12ClN5S2. The highest BCUT2D eigenvalue weighted by Crippen LogP contribution is 2.35. The van der Waals surface area contributed by atoms with Crippen molar-refractivity contribution in [1.29, 1.82) is 0 Å². The van der Waals surface area contributed by atoms with Crippen molar-refractivity contribution in [3.63, 3.8) is 0 Å². The average molecular weight is 386 g/mol. The number of hydrogen-bond donors (Lipinski definition) is 0. The summed E-state index contributed by atoms with van der Waals surface area (Å²) < 4.78 is 3.33. The van der Waals surface area contributed by atoms with Crippen molar-refractivity contribution in [2.45, 2.75) is 11.8 Å². The van der Waals surface area contributed by atoms with Gasteiger partial charge >= 0.3 is 0 Å². The summed E-state index contributed by atoms with van der Waals surface area (Å²) in [5.41, 5.74) is 2.05. The molecule has 4 aromatic rings. The molecule has 0 saturated carbocycles. The quantitative estimate of drug-likeness (QED) is 0.499. The molecule has 0 bridgehead atoms. The van der Waals surface area contributed by atoms with Crippen LogP contribution in [-0.2, 0) is 6.67 Å². The van der Waals surface area contributed by atoms with Crippen LogP contribution in [0.4, 0.5) is 5.13 Å². The van der Waals surface area contributed by atoms with Gasteiger partial charge in [0.25, 0.3) is 0 Å². The van der Waals surface area contributed by atoms with Crippen LogP contribution in [0.1, 0.15) is 0 Å². The molecule has 2 aromatic heterocycles. The first-order valence-electron chi connectivity index (χ1n) is 7.70. The fraction of sp³-hybridized carbons (Fsp3) is 0.118. The van der Waals surface area contributed by atoms with Gasteiger partial charge in [-0.2, -0.15) is 0 Å². The van der Waals surface area contributed by atoms with Crippen LogP contribution in [0.2, 0.25) is 5.02 Å². The summed E-state index contributed by atoms with van der Waals surface area (Å²) in [5, 5.41) is 11.4. The van der Waals surface area contributed by atoms with Crippen molar-refractivity contribution in [2.75, 3.05) is 10.8 Å². The molecule has 3 heterocycles. The molecule has 124 valence electrons. The second-order valence-corrected chi connectivity index (χ2v) is 8.02. The molecule has 0 unspecified atom stereocenters. The number of fused-ring (bicyclic) bond motifs is 2. The normalized spacial score (nSPS) is 14.0. The molecule has 2 aromatic carbocycles. The third-order valence-electron chi connectivity index (χ3n) is 4.03. The van der Waals surface area contributed by atoms with E-state index in [4.69, 9.17) is 16.6 Å². The predicted molar refractivity (Wildman–Crippen MR) is 103 cm³/mol. The molecule has 0 aliphatic carbocycles. The SMILES string of the molecule is Clc1ccc(-c2nnc3n2CN(c2nc4ccccc4s2)CS3)cc1. The summed E-state index contributed by atoms with van der Waals surface area (Å²) >= 11 is 9.39. The molecule has 5 rings (SSSR count). The van der Waals surface area contributed by atoms with E-state index in [9.17, 15) is 0 Å². The number of para-hydroxylation sites is 1. The van der Waals surface area contributed by atoms with Crippen LogP contribution in [0.25, 0.3) is 21.6 Å². The number of aromatic nitrogens is 4. The maximum Gasteiger partial charge on any atom is 0.194 e. The fourth-order valence-electron chi connectivity index (χ4n) is 2.79. The Kier molecular flexibility index (Phi) is 3.65. The zero-order valence-electron chi connectivity index (χ0n) is 13.0. The number of hydrogen-bond acceptors (Lipinski definition) is 6. The Bertz CT molecular complexity index is 1020. The highest BCUT2D eigenvalue weighted by Gasteiger charge is 2.24. The minimum Gasteiger partial charge on any atom is -0.320 e. The van der Waals surface area contributed by atoms with Crippen molar-refractivity contribution in [3.05, 3.63) is 53.6 Å². The lowest BCUT2D eigenvalue weighted by Crippen LogP contribution is -2.30. The van der Waals surface area contributed by atoms with Gasteiger partial charge in [-0.05, 0) is 36.4 Å². The third-order valence-corrected chi connectivity index (χ3v) is 6.38. The zero-order chi connectivity index (χ0) is 16.8. The number of benzene rings is 2. The number of anilines is 1. The Morgan fingerprint density at radius 3 is 2.68 bits per heavy atom. The Balaban J connectivity index is 1.51. The summed E-state index contributed by atoms with van der Waals surface area (Å²) in [7, 11) is 0. The van der Waals surface area contributed by atoms with Crippen molar-refractivity contribution >= 4 is 50.0 Å². The Morgan fingerprint density at radius 1 is 1.00 bits per heavy atom. The number of thioether (sulfide) groups is 1. The van der Waals surface area contributed by atoms with Crippen molar-refractivity contribution in [3.8, 4) is 11.4 Å². The average Bonchev–Trinajstić information content (AvgIpc) is 3.26. The van der Waals surface area contributed by atoms with Crippen LogP contribution >= 0.6 is 34.7 Å². The van der Waals surface area contributed by atoms with E-state index in [-0.39, 0.29) is 0 Å². The first kappa shape index (κ1) is 15.2. The van der Waals surface area contributed by atoms with Gasteiger partial charge in [0.2, 0.25) is 0 Å². The highest BCUT2D eigenvalue weighted by atomic mass is 35.5. The molecule has 1 aliphatic heterocycles. The smallest absolute Gasteiger partial charge is 0.194 e. The Labute approximate surface area is 157 Å². The minimum absolute atomic E-state index is 0.688. The van der Waals surface area contributed by atoms with Crippen LogP contribution in [-0.4, -0.2) is 25.6 Å². The monoisotopic (exact) mass is 385 g/mol. The van der Waals surface area contributed by atoms with Crippen LogP contribution in [0.15, 0.2) is 53.7 Å². The van der Waals surface area contributed by atoms with Crippen molar-refractivity contribution in [2.24, 2.45) is 0 Å². The standard InChI is InChI=1S/C17H12ClN5S2/c18-12-7-5-11(6-8-12)15-20-21-17-23(15)9-22(10-24-17)16-19-13-3-1-2-4-14(13)25-16/h1-8H,9-10H2. The first-order valence-corrected chi connectivity index (χ1v) is 9.88. The van der Waals surface area contributed by atoms with E-state index in [1.165, 1.54) is 4.70 Å². The van der Waals surface area contributed by atoms with Crippen molar-refractivity contribution in [1.82, 2.24) is 19.7 Å². The van der Waals surface area contributed by atoms with E-state index in [0.29, 0.717) is 11.7 Å². The van der Waals surface area contributed by atoms with Gasteiger partial charge in [0.05, 0.1) is 16.1 Å². The Morgan fingerprint density at radius 2 is 1.84 bits per heavy atom. The lowest BCUT2D eigenvalue weighted by molar-refractivity contribution is 0.607. The number of nitrogens with zero attached hydrogens (tertiary/aromatic N) is 5. The zero-order valence-corrected chi connectivity index (χ0v) is 15.4. The van der Waals surface area contributed by atoms with Crippen LogP contribution in [0.3, 0.4) is 0 Å². The fourth-order valence-corrected chi connectivity index (χ4v) is 4.83. The summed E-state index contributed by atoms with van der Waals surface area (Å²) in [4.78, 5) is 7.02. The molecule has 0 atom stereocenters. The van der Waals surface area contributed by atoms with Gasteiger partial charge in [-0.15, -0.1) is 10.2 Å². The van der Waals surface area contributed by atoms with E-state index in [2.05, 4.69) is 31.8 Å². The molecule has 0 saturated heterocycles. The largest absolute Gasteiger partial charge is 0.320 e. The molecule has 0 amide bonds. The van der Waals surface area contributed by atoms with Crippen LogP contribution in [0, 0.1) is 0 Å². The molecule has 0 spiro atoms.